The molecule has 1 aromatic heterocycles. The normalized spacial score (nSPS) is 19.2. The van der Waals surface area contributed by atoms with Gasteiger partial charge in [-0.1, -0.05) is 0 Å². The molecule has 0 aliphatic carbocycles. The number of carbonyl (C=O) groups excluding carboxylic acids is 3. The van der Waals surface area contributed by atoms with E-state index in [1.165, 1.54) is 10.9 Å². The fourth-order valence-corrected chi connectivity index (χ4v) is 4.57. The molecule has 1 atom stereocenters. The van der Waals surface area contributed by atoms with Crippen LogP contribution in [0.2, 0.25) is 0 Å². The van der Waals surface area contributed by atoms with Crippen LogP contribution in [-0.4, -0.2) is 70.5 Å². The Kier molecular flexibility index (Phi) is 6.16. The van der Waals surface area contributed by atoms with Gasteiger partial charge in [-0.15, -0.1) is 0 Å². The van der Waals surface area contributed by atoms with E-state index in [0.29, 0.717) is 56.8 Å². The van der Waals surface area contributed by atoms with Gasteiger partial charge < -0.3 is 20.3 Å². The van der Waals surface area contributed by atoms with E-state index in [2.05, 4.69) is 5.10 Å². The third-order valence-corrected chi connectivity index (χ3v) is 6.55. The van der Waals surface area contributed by atoms with E-state index in [1.54, 1.807) is 36.0 Å². The number of ether oxygens (including phenoxy) is 1. The molecule has 0 unspecified atom stereocenters. The summed E-state index contributed by atoms with van der Waals surface area (Å²) in [5.41, 5.74) is 7.38. The summed E-state index contributed by atoms with van der Waals surface area (Å²) in [5.74, 6) is 0.708. The minimum atomic E-state index is -0.285. The summed E-state index contributed by atoms with van der Waals surface area (Å²) in [4.78, 5) is 41.2. The Morgan fingerprint density at radius 1 is 1.00 bits per heavy atom. The highest BCUT2D eigenvalue weighted by atomic mass is 16.5. The number of carbonyl (C=O) groups is 3. The number of nitrogens with two attached hydrogens (primary N) is 1. The van der Waals surface area contributed by atoms with E-state index < -0.39 is 0 Å². The van der Waals surface area contributed by atoms with E-state index in [4.69, 9.17) is 10.5 Å². The fraction of sp³-hybridized carbons (Fsp3) is 0.478. The predicted octanol–water partition coefficient (Wildman–Crippen LogP) is 1.75. The number of nitrogen functional groups attached to an aromatic ring is 1. The van der Waals surface area contributed by atoms with E-state index in [9.17, 15) is 14.4 Å². The van der Waals surface area contributed by atoms with Gasteiger partial charge in [-0.05, 0) is 43.5 Å². The predicted molar refractivity (Wildman–Crippen MR) is 119 cm³/mol. The number of methoxy groups -OCH3 is 1. The first-order valence-corrected chi connectivity index (χ1v) is 11.0. The van der Waals surface area contributed by atoms with Crippen molar-refractivity contribution in [2.45, 2.75) is 26.2 Å². The van der Waals surface area contributed by atoms with Crippen LogP contribution < -0.4 is 10.5 Å². The molecule has 4 rings (SSSR count). The van der Waals surface area contributed by atoms with Crippen LogP contribution in [0, 0.1) is 11.8 Å². The SMILES string of the molecule is COc1ccc(-n2ncc(C(=O)[C@H]3CCN(C(=O)C4CCN(C(C)=O)CC4)C3)c2N)cc1. The summed E-state index contributed by atoms with van der Waals surface area (Å²) in [6.45, 7) is 3.75. The van der Waals surface area contributed by atoms with Gasteiger partial charge in [-0.3, -0.25) is 14.4 Å². The zero-order chi connectivity index (χ0) is 22.8. The Balaban J connectivity index is 1.39. The van der Waals surface area contributed by atoms with Crippen LogP contribution in [0.15, 0.2) is 30.5 Å². The third-order valence-electron chi connectivity index (χ3n) is 6.55. The van der Waals surface area contributed by atoms with E-state index in [0.717, 1.165) is 11.4 Å². The van der Waals surface area contributed by atoms with Gasteiger partial charge in [0.25, 0.3) is 0 Å². The number of aromatic nitrogens is 2. The maximum Gasteiger partial charge on any atom is 0.225 e. The molecule has 0 saturated carbocycles. The molecule has 32 heavy (non-hydrogen) atoms. The molecule has 1 aromatic carbocycles. The maximum absolute atomic E-state index is 13.1. The maximum atomic E-state index is 13.1. The van der Waals surface area contributed by atoms with Crippen LogP contribution in [0.1, 0.15) is 36.5 Å². The largest absolute Gasteiger partial charge is 0.497 e. The quantitative estimate of drug-likeness (QED) is 0.711. The van der Waals surface area contributed by atoms with Crippen molar-refractivity contribution in [3.8, 4) is 11.4 Å². The molecule has 9 nitrogen and oxygen atoms in total. The first kappa shape index (κ1) is 21.9. The number of rotatable bonds is 5. The second-order valence-electron chi connectivity index (χ2n) is 8.47. The number of piperidine rings is 1. The Labute approximate surface area is 187 Å². The van der Waals surface area contributed by atoms with Gasteiger partial charge in [-0.2, -0.15) is 5.10 Å². The Hall–Kier alpha value is -3.36. The first-order valence-electron chi connectivity index (χ1n) is 11.0. The molecule has 2 aromatic rings. The number of hydrogen-bond donors (Lipinski definition) is 1. The van der Waals surface area contributed by atoms with Crippen LogP contribution >= 0.6 is 0 Å². The topological polar surface area (TPSA) is 111 Å². The molecule has 2 aliphatic heterocycles. The fourth-order valence-electron chi connectivity index (χ4n) is 4.57. The van der Waals surface area contributed by atoms with Gasteiger partial charge in [0, 0.05) is 44.9 Å². The van der Waals surface area contributed by atoms with Crippen molar-refractivity contribution < 1.29 is 19.1 Å². The number of Topliss-reactive ketones (excluding diaryl/α,β-unsaturated/α-hetero) is 1. The van der Waals surface area contributed by atoms with Gasteiger partial charge in [0.2, 0.25) is 11.8 Å². The van der Waals surface area contributed by atoms with Crippen molar-refractivity contribution in [2.24, 2.45) is 11.8 Å². The summed E-state index contributed by atoms with van der Waals surface area (Å²) < 4.78 is 6.71. The second-order valence-corrected chi connectivity index (χ2v) is 8.47. The van der Waals surface area contributed by atoms with Crippen LogP contribution in [0.25, 0.3) is 5.69 Å². The number of likely N-dealkylation sites (tertiary alicyclic amines) is 2. The molecule has 170 valence electrons. The molecular weight excluding hydrogens is 410 g/mol. The molecule has 0 bridgehead atoms. The smallest absolute Gasteiger partial charge is 0.225 e. The molecule has 9 heteroatoms. The molecule has 0 spiro atoms. The minimum absolute atomic E-state index is 0.0514. The van der Waals surface area contributed by atoms with E-state index in [-0.39, 0.29) is 29.4 Å². The lowest BCUT2D eigenvalue weighted by Crippen LogP contribution is -2.43. The summed E-state index contributed by atoms with van der Waals surface area (Å²) in [5, 5.41) is 4.30. The van der Waals surface area contributed by atoms with Crippen LogP contribution in [-0.2, 0) is 9.59 Å². The molecule has 0 radical (unpaired) electrons. The van der Waals surface area contributed by atoms with Crippen molar-refractivity contribution in [3.05, 3.63) is 36.0 Å². The Morgan fingerprint density at radius 2 is 1.62 bits per heavy atom. The average molecular weight is 440 g/mol. The lowest BCUT2D eigenvalue weighted by atomic mass is 9.95. The van der Waals surface area contributed by atoms with Gasteiger partial charge in [0.15, 0.2) is 5.78 Å². The number of nitrogens with zero attached hydrogens (tertiary/aromatic N) is 4. The zero-order valence-corrected chi connectivity index (χ0v) is 18.5. The molecule has 2 N–H and O–H groups in total. The van der Waals surface area contributed by atoms with Crippen LogP contribution in [0.3, 0.4) is 0 Å². The molecule has 2 saturated heterocycles. The molecule has 2 fully saturated rings. The number of amides is 2. The van der Waals surface area contributed by atoms with Crippen molar-refractivity contribution in [3.63, 3.8) is 0 Å². The standard InChI is InChI=1S/C23H29N5O4/c1-15(29)26-10-7-16(8-11-26)23(31)27-12-9-17(14-27)21(30)20-13-25-28(22(20)24)18-3-5-19(32-2)6-4-18/h3-6,13,16-17H,7-12,14,24H2,1-2H3/t17-/m0/s1. The van der Waals surface area contributed by atoms with Gasteiger partial charge in [0.05, 0.1) is 24.6 Å². The summed E-state index contributed by atoms with van der Waals surface area (Å²) in [6, 6.07) is 7.26. The lowest BCUT2D eigenvalue weighted by Gasteiger charge is -2.32. The number of hydrogen-bond acceptors (Lipinski definition) is 6. The summed E-state index contributed by atoms with van der Waals surface area (Å²) >= 11 is 0. The molecule has 2 amide bonds. The van der Waals surface area contributed by atoms with Gasteiger partial charge >= 0.3 is 0 Å². The highest BCUT2D eigenvalue weighted by Crippen LogP contribution is 2.28. The van der Waals surface area contributed by atoms with E-state index >= 15 is 0 Å². The lowest BCUT2D eigenvalue weighted by molar-refractivity contribution is -0.139. The van der Waals surface area contributed by atoms with Gasteiger partial charge in [0.1, 0.15) is 11.6 Å². The third kappa shape index (κ3) is 4.19. The van der Waals surface area contributed by atoms with Crippen LogP contribution in [0.5, 0.6) is 5.75 Å². The van der Waals surface area contributed by atoms with Crippen molar-refractivity contribution >= 4 is 23.4 Å². The average Bonchev–Trinajstić information content (AvgIpc) is 3.45. The van der Waals surface area contributed by atoms with Crippen molar-refractivity contribution in [2.75, 3.05) is 39.0 Å². The summed E-state index contributed by atoms with van der Waals surface area (Å²) in [7, 11) is 1.60. The van der Waals surface area contributed by atoms with Crippen molar-refractivity contribution in [1.82, 2.24) is 19.6 Å². The highest BCUT2D eigenvalue weighted by molar-refractivity contribution is 6.02. The molecular formula is C23H29N5O4. The first-order chi connectivity index (χ1) is 15.4. The van der Waals surface area contributed by atoms with Gasteiger partial charge in [-0.25, -0.2) is 4.68 Å². The van der Waals surface area contributed by atoms with Crippen molar-refractivity contribution in [1.29, 1.82) is 0 Å². The molecule has 2 aliphatic rings. The summed E-state index contributed by atoms with van der Waals surface area (Å²) in [6.07, 6.45) is 3.47. The number of anilines is 1. The number of ketones is 1. The second kappa shape index (κ2) is 9.02. The zero-order valence-electron chi connectivity index (χ0n) is 18.5. The van der Waals surface area contributed by atoms with Crippen LogP contribution in [0.4, 0.5) is 5.82 Å². The monoisotopic (exact) mass is 439 g/mol. The minimum Gasteiger partial charge on any atom is -0.497 e. The molecule has 3 heterocycles. The van der Waals surface area contributed by atoms with E-state index in [1.807, 2.05) is 12.1 Å². The number of benzene rings is 1. The Morgan fingerprint density at radius 3 is 2.25 bits per heavy atom. The highest BCUT2D eigenvalue weighted by Gasteiger charge is 2.36. The Bertz CT molecular complexity index is 1010.